The highest BCUT2D eigenvalue weighted by Gasteiger charge is 2.35. The zero-order valence-corrected chi connectivity index (χ0v) is 14.0. The first-order valence-electron chi connectivity index (χ1n) is 8.82. The first-order chi connectivity index (χ1) is 12.2. The standard InChI is InChI=1S/C19H22FN3O2/c20-16-8-15(9-16)19(24)21-10-17-18-14(6-7-25-17)12-23(22-18)11-13-4-2-1-3-5-13/h1-5,12,15-17H,6-11H2,(H,21,24)/t15?,16?,17-/m1/s1. The summed E-state index contributed by atoms with van der Waals surface area (Å²) in [4.78, 5) is 12.0. The van der Waals surface area contributed by atoms with Crippen molar-refractivity contribution in [1.82, 2.24) is 15.1 Å². The molecule has 0 bridgehead atoms. The molecule has 4 rings (SSSR count). The van der Waals surface area contributed by atoms with Crippen molar-refractivity contribution in [3.63, 3.8) is 0 Å². The molecule has 1 saturated carbocycles. The Bertz CT molecular complexity index is 740. The van der Waals surface area contributed by atoms with Crippen LogP contribution in [0.25, 0.3) is 0 Å². The van der Waals surface area contributed by atoms with E-state index in [9.17, 15) is 9.18 Å². The van der Waals surface area contributed by atoms with E-state index in [0.717, 1.165) is 12.1 Å². The van der Waals surface area contributed by atoms with Gasteiger partial charge in [-0.1, -0.05) is 30.3 Å². The predicted molar refractivity (Wildman–Crippen MR) is 90.8 cm³/mol. The number of carbonyl (C=O) groups is 1. The maximum absolute atomic E-state index is 12.9. The Morgan fingerprint density at radius 3 is 2.88 bits per heavy atom. The van der Waals surface area contributed by atoms with Crippen LogP contribution >= 0.6 is 0 Å². The summed E-state index contributed by atoms with van der Waals surface area (Å²) < 4.78 is 20.6. The van der Waals surface area contributed by atoms with Gasteiger partial charge in [0.1, 0.15) is 12.3 Å². The van der Waals surface area contributed by atoms with Crippen LogP contribution in [-0.4, -0.2) is 35.0 Å². The maximum Gasteiger partial charge on any atom is 0.223 e. The predicted octanol–water partition coefficient (Wildman–Crippen LogP) is 2.41. The van der Waals surface area contributed by atoms with Gasteiger partial charge in [-0.3, -0.25) is 9.48 Å². The summed E-state index contributed by atoms with van der Waals surface area (Å²) in [5.41, 5.74) is 3.27. The largest absolute Gasteiger partial charge is 0.370 e. The van der Waals surface area contributed by atoms with Crippen molar-refractivity contribution >= 4 is 5.91 Å². The Kier molecular flexibility index (Phi) is 4.53. The van der Waals surface area contributed by atoms with Gasteiger partial charge in [0.05, 0.1) is 18.8 Å². The van der Waals surface area contributed by atoms with Crippen molar-refractivity contribution in [2.45, 2.75) is 38.1 Å². The lowest BCUT2D eigenvalue weighted by Gasteiger charge is -2.29. The third-order valence-corrected chi connectivity index (χ3v) is 4.97. The molecule has 0 unspecified atom stereocenters. The van der Waals surface area contributed by atoms with Crippen molar-refractivity contribution < 1.29 is 13.9 Å². The van der Waals surface area contributed by atoms with Crippen LogP contribution in [0.1, 0.15) is 35.8 Å². The van der Waals surface area contributed by atoms with Gasteiger partial charge in [-0.2, -0.15) is 5.10 Å². The van der Waals surface area contributed by atoms with Crippen molar-refractivity contribution in [2.75, 3.05) is 13.2 Å². The molecular weight excluding hydrogens is 321 g/mol. The van der Waals surface area contributed by atoms with Crippen molar-refractivity contribution in [1.29, 1.82) is 0 Å². The fourth-order valence-corrected chi connectivity index (χ4v) is 3.44. The number of hydrogen-bond donors (Lipinski definition) is 1. The number of carbonyl (C=O) groups excluding carboxylic acids is 1. The Balaban J connectivity index is 1.40. The highest BCUT2D eigenvalue weighted by atomic mass is 19.1. The van der Waals surface area contributed by atoms with Crippen LogP contribution in [0, 0.1) is 5.92 Å². The number of nitrogens with zero attached hydrogens (tertiary/aromatic N) is 2. The Labute approximate surface area is 146 Å². The van der Waals surface area contributed by atoms with Gasteiger partial charge in [0.2, 0.25) is 5.91 Å². The van der Waals surface area contributed by atoms with Gasteiger partial charge in [-0.15, -0.1) is 0 Å². The van der Waals surface area contributed by atoms with Gasteiger partial charge in [0.25, 0.3) is 0 Å². The summed E-state index contributed by atoms with van der Waals surface area (Å²) in [5.74, 6) is -0.262. The molecule has 1 fully saturated rings. The molecule has 0 radical (unpaired) electrons. The second-order valence-electron chi connectivity index (χ2n) is 6.84. The van der Waals surface area contributed by atoms with Crippen molar-refractivity contribution in [3.8, 4) is 0 Å². The maximum atomic E-state index is 12.9. The van der Waals surface area contributed by atoms with Crippen LogP contribution in [0.5, 0.6) is 0 Å². The smallest absolute Gasteiger partial charge is 0.223 e. The number of fused-ring (bicyclic) bond motifs is 1. The highest BCUT2D eigenvalue weighted by molar-refractivity contribution is 5.79. The summed E-state index contributed by atoms with van der Waals surface area (Å²) in [6.07, 6.45) is 2.54. The number of nitrogens with one attached hydrogen (secondary N) is 1. The summed E-state index contributed by atoms with van der Waals surface area (Å²) >= 11 is 0. The molecule has 1 amide bonds. The Hall–Kier alpha value is -2.21. The van der Waals surface area contributed by atoms with Crippen LogP contribution < -0.4 is 5.32 Å². The topological polar surface area (TPSA) is 56.1 Å². The molecule has 1 atom stereocenters. The monoisotopic (exact) mass is 343 g/mol. The van der Waals surface area contributed by atoms with Gasteiger partial charge in [-0.05, 0) is 30.4 Å². The quantitative estimate of drug-likeness (QED) is 0.907. The normalized spacial score (nSPS) is 25.1. The number of rotatable bonds is 5. The zero-order chi connectivity index (χ0) is 17.2. The van der Waals surface area contributed by atoms with Crippen LogP contribution in [-0.2, 0) is 22.5 Å². The molecule has 1 aromatic carbocycles. The van der Waals surface area contributed by atoms with Gasteiger partial charge in [0, 0.05) is 18.7 Å². The van der Waals surface area contributed by atoms with E-state index in [1.165, 1.54) is 11.1 Å². The molecule has 25 heavy (non-hydrogen) atoms. The Morgan fingerprint density at radius 1 is 1.32 bits per heavy atom. The lowest BCUT2D eigenvalue weighted by atomic mass is 9.83. The van der Waals surface area contributed by atoms with Gasteiger partial charge in [0.15, 0.2) is 0 Å². The van der Waals surface area contributed by atoms with Gasteiger partial charge < -0.3 is 10.1 Å². The molecule has 6 heteroatoms. The number of ether oxygens (including phenoxy) is 1. The first-order valence-corrected chi connectivity index (χ1v) is 8.82. The number of hydrogen-bond acceptors (Lipinski definition) is 3. The molecule has 1 N–H and O–H groups in total. The third kappa shape index (κ3) is 3.58. The number of benzene rings is 1. The Morgan fingerprint density at radius 2 is 2.12 bits per heavy atom. The van der Waals surface area contributed by atoms with Gasteiger partial charge in [-0.25, -0.2) is 4.39 Å². The molecule has 2 heterocycles. The molecular formula is C19H22FN3O2. The third-order valence-electron chi connectivity index (χ3n) is 4.97. The molecule has 5 nitrogen and oxygen atoms in total. The lowest BCUT2D eigenvalue weighted by Crippen LogP contribution is -2.41. The van der Waals surface area contributed by atoms with E-state index in [0.29, 0.717) is 32.5 Å². The highest BCUT2D eigenvalue weighted by Crippen LogP contribution is 2.30. The summed E-state index contributed by atoms with van der Waals surface area (Å²) in [7, 11) is 0. The molecule has 0 spiro atoms. The van der Waals surface area contributed by atoms with Crippen LogP contribution in [0.2, 0.25) is 0 Å². The summed E-state index contributed by atoms with van der Waals surface area (Å²) in [6.45, 7) is 1.73. The first kappa shape index (κ1) is 16.3. The van der Waals surface area contributed by atoms with E-state index in [1.807, 2.05) is 22.9 Å². The van der Waals surface area contributed by atoms with E-state index in [-0.39, 0.29) is 17.9 Å². The molecule has 2 aromatic rings. The van der Waals surface area contributed by atoms with E-state index < -0.39 is 6.17 Å². The van der Waals surface area contributed by atoms with E-state index in [1.54, 1.807) is 0 Å². The van der Waals surface area contributed by atoms with Crippen LogP contribution in [0.3, 0.4) is 0 Å². The fraction of sp³-hybridized carbons (Fsp3) is 0.474. The van der Waals surface area contributed by atoms with Gasteiger partial charge >= 0.3 is 0 Å². The zero-order valence-electron chi connectivity index (χ0n) is 14.0. The molecule has 2 aliphatic rings. The van der Waals surface area contributed by atoms with Crippen molar-refractivity contribution in [3.05, 3.63) is 53.3 Å². The van der Waals surface area contributed by atoms with Crippen LogP contribution in [0.4, 0.5) is 4.39 Å². The minimum atomic E-state index is -0.818. The summed E-state index contributed by atoms with van der Waals surface area (Å²) in [5, 5.41) is 7.57. The fourth-order valence-electron chi connectivity index (χ4n) is 3.44. The second-order valence-corrected chi connectivity index (χ2v) is 6.84. The average Bonchev–Trinajstić information content (AvgIpc) is 3.00. The van der Waals surface area contributed by atoms with E-state index in [2.05, 4.69) is 28.7 Å². The van der Waals surface area contributed by atoms with E-state index >= 15 is 0 Å². The average molecular weight is 343 g/mol. The number of amides is 1. The summed E-state index contributed by atoms with van der Waals surface area (Å²) in [6, 6.07) is 10.2. The molecule has 1 aliphatic heterocycles. The molecule has 1 aliphatic carbocycles. The molecule has 1 aromatic heterocycles. The van der Waals surface area contributed by atoms with Crippen LogP contribution in [0.15, 0.2) is 36.5 Å². The minimum absolute atomic E-state index is 0.0756. The minimum Gasteiger partial charge on any atom is -0.370 e. The SMILES string of the molecule is O=C(NC[C@H]1OCCc2cn(Cc3ccccc3)nc21)C1CC(F)C1. The number of halogens is 1. The lowest BCUT2D eigenvalue weighted by molar-refractivity contribution is -0.130. The number of alkyl halides is 1. The van der Waals surface area contributed by atoms with E-state index in [4.69, 9.17) is 4.74 Å². The van der Waals surface area contributed by atoms with Crippen molar-refractivity contribution in [2.24, 2.45) is 5.92 Å². The second kappa shape index (κ2) is 6.96. The number of aromatic nitrogens is 2. The molecule has 0 saturated heterocycles. The molecule has 132 valence electrons.